The lowest BCUT2D eigenvalue weighted by molar-refractivity contribution is -0.0418. The first-order valence-electron chi connectivity index (χ1n) is 6.46. The summed E-state index contributed by atoms with van der Waals surface area (Å²) in [4.78, 5) is 2.28. The van der Waals surface area contributed by atoms with Crippen molar-refractivity contribution in [2.24, 2.45) is 0 Å². The van der Waals surface area contributed by atoms with Crippen molar-refractivity contribution in [2.75, 3.05) is 26.2 Å². The van der Waals surface area contributed by atoms with E-state index in [0.717, 1.165) is 36.2 Å². The predicted molar refractivity (Wildman–Crippen MR) is 75.6 cm³/mol. The van der Waals surface area contributed by atoms with Crippen LogP contribution in [0.15, 0.2) is 28.7 Å². The minimum atomic E-state index is -0.422. The molecule has 100 valence electrons. The van der Waals surface area contributed by atoms with E-state index in [1.165, 1.54) is 0 Å². The highest BCUT2D eigenvalue weighted by Gasteiger charge is 2.21. The topological polar surface area (TPSA) is 32.7 Å². The average Bonchev–Trinajstić information content (AvgIpc) is 2.39. The Morgan fingerprint density at radius 3 is 2.83 bits per heavy atom. The minimum absolute atomic E-state index is 0.316. The van der Waals surface area contributed by atoms with E-state index in [0.29, 0.717) is 12.6 Å². The molecule has 1 aromatic carbocycles. The smallest absolute Gasteiger partial charge is 0.0916 e. The fourth-order valence-electron chi connectivity index (χ4n) is 2.23. The summed E-state index contributed by atoms with van der Waals surface area (Å²) in [7, 11) is 0. The summed E-state index contributed by atoms with van der Waals surface area (Å²) in [6.07, 6.45) is 0.926. The Bertz CT molecular complexity index is 369. The first kappa shape index (κ1) is 14.0. The lowest BCUT2D eigenvalue weighted by atomic mass is 10.1. The van der Waals surface area contributed by atoms with Crippen molar-refractivity contribution >= 4 is 15.9 Å². The summed E-state index contributed by atoms with van der Waals surface area (Å²) in [6, 6.07) is 7.86. The molecule has 0 aliphatic carbocycles. The van der Waals surface area contributed by atoms with Crippen LogP contribution in [0.5, 0.6) is 0 Å². The minimum Gasteiger partial charge on any atom is -0.387 e. The Labute approximate surface area is 117 Å². The first-order chi connectivity index (χ1) is 8.69. The van der Waals surface area contributed by atoms with E-state index in [4.69, 9.17) is 4.74 Å². The highest BCUT2D eigenvalue weighted by atomic mass is 79.9. The van der Waals surface area contributed by atoms with Crippen LogP contribution in [-0.2, 0) is 4.74 Å². The lowest BCUT2D eigenvalue weighted by Crippen LogP contribution is -2.43. The summed E-state index contributed by atoms with van der Waals surface area (Å²) >= 11 is 3.40. The molecule has 0 amide bonds. The van der Waals surface area contributed by atoms with E-state index in [1.807, 2.05) is 24.3 Å². The summed E-state index contributed by atoms with van der Waals surface area (Å²) < 4.78 is 6.67. The number of benzene rings is 1. The number of ether oxygens (including phenoxy) is 1. The van der Waals surface area contributed by atoms with E-state index < -0.39 is 6.10 Å². The molecule has 1 fully saturated rings. The molecule has 1 aromatic rings. The van der Waals surface area contributed by atoms with Gasteiger partial charge in [-0.1, -0.05) is 35.0 Å². The molecule has 4 heteroatoms. The predicted octanol–water partition coefficient (Wildman–Crippen LogP) is 2.59. The lowest BCUT2D eigenvalue weighted by Gasteiger charge is -2.33. The third-order valence-corrected chi connectivity index (χ3v) is 3.89. The van der Waals surface area contributed by atoms with Crippen molar-refractivity contribution < 1.29 is 9.84 Å². The van der Waals surface area contributed by atoms with Gasteiger partial charge in [0.1, 0.15) is 0 Å². The van der Waals surface area contributed by atoms with Gasteiger partial charge in [0.2, 0.25) is 0 Å². The van der Waals surface area contributed by atoms with Crippen molar-refractivity contribution in [2.45, 2.75) is 25.6 Å². The van der Waals surface area contributed by atoms with Crippen LogP contribution in [0.3, 0.4) is 0 Å². The second-order valence-corrected chi connectivity index (χ2v) is 5.64. The number of β-amino-alcohol motifs (C(OH)–C–C–N with tert-alkyl or cyclic N) is 1. The molecule has 2 rings (SSSR count). The molecule has 0 radical (unpaired) electrons. The van der Waals surface area contributed by atoms with Crippen molar-refractivity contribution in [3.8, 4) is 0 Å². The normalized spacial score (nSPS) is 22.9. The molecule has 1 heterocycles. The maximum Gasteiger partial charge on any atom is 0.0916 e. The van der Waals surface area contributed by atoms with Gasteiger partial charge < -0.3 is 9.84 Å². The zero-order valence-electron chi connectivity index (χ0n) is 10.7. The maximum absolute atomic E-state index is 10.2. The molecule has 0 aromatic heterocycles. The van der Waals surface area contributed by atoms with Crippen LogP contribution in [0.25, 0.3) is 0 Å². The highest BCUT2D eigenvalue weighted by molar-refractivity contribution is 9.10. The van der Waals surface area contributed by atoms with Gasteiger partial charge in [-0.05, 0) is 24.1 Å². The van der Waals surface area contributed by atoms with Crippen LogP contribution in [0.2, 0.25) is 0 Å². The Morgan fingerprint density at radius 2 is 2.17 bits per heavy atom. The quantitative estimate of drug-likeness (QED) is 0.927. The van der Waals surface area contributed by atoms with Crippen LogP contribution < -0.4 is 0 Å². The molecular formula is C14H20BrNO2. The van der Waals surface area contributed by atoms with Gasteiger partial charge in [0.15, 0.2) is 0 Å². The number of nitrogens with zero attached hydrogens (tertiary/aromatic N) is 1. The van der Waals surface area contributed by atoms with Gasteiger partial charge in [-0.25, -0.2) is 0 Å². The number of aliphatic hydroxyl groups is 1. The standard InChI is InChI=1S/C14H20BrNO2/c1-2-13-9-16(7-8-18-13)10-14(17)11-3-5-12(15)6-4-11/h3-6,13-14,17H,2,7-10H2,1H3/t13-,14+/m1/s1. The van der Waals surface area contributed by atoms with Gasteiger partial charge in [0.25, 0.3) is 0 Å². The third kappa shape index (κ3) is 3.79. The molecule has 1 aliphatic rings. The zero-order chi connectivity index (χ0) is 13.0. The molecule has 1 saturated heterocycles. The Morgan fingerprint density at radius 1 is 1.44 bits per heavy atom. The second kappa shape index (κ2) is 6.66. The van der Waals surface area contributed by atoms with E-state index in [9.17, 15) is 5.11 Å². The Hall–Kier alpha value is -0.420. The van der Waals surface area contributed by atoms with Gasteiger partial charge in [-0.3, -0.25) is 4.90 Å². The zero-order valence-corrected chi connectivity index (χ0v) is 12.3. The number of rotatable bonds is 4. The van der Waals surface area contributed by atoms with Crippen LogP contribution in [0, 0.1) is 0 Å². The van der Waals surface area contributed by atoms with Gasteiger partial charge >= 0.3 is 0 Å². The summed E-state index contributed by atoms with van der Waals surface area (Å²) in [5.41, 5.74) is 0.970. The van der Waals surface area contributed by atoms with Crippen LogP contribution in [0.1, 0.15) is 25.0 Å². The van der Waals surface area contributed by atoms with Crippen molar-refractivity contribution in [3.63, 3.8) is 0 Å². The third-order valence-electron chi connectivity index (χ3n) is 3.36. The first-order valence-corrected chi connectivity index (χ1v) is 7.26. The molecule has 2 atom stereocenters. The van der Waals surface area contributed by atoms with E-state index >= 15 is 0 Å². The van der Waals surface area contributed by atoms with Crippen molar-refractivity contribution in [3.05, 3.63) is 34.3 Å². The van der Waals surface area contributed by atoms with Crippen LogP contribution in [-0.4, -0.2) is 42.4 Å². The molecule has 1 aliphatic heterocycles. The summed E-state index contributed by atoms with van der Waals surface area (Å²) in [5, 5.41) is 10.2. The highest BCUT2D eigenvalue weighted by Crippen LogP contribution is 2.19. The van der Waals surface area contributed by atoms with E-state index in [-0.39, 0.29) is 0 Å². The number of hydrogen-bond acceptors (Lipinski definition) is 3. The molecule has 0 unspecified atom stereocenters. The van der Waals surface area contributed by atoms with E-state index in [2.05, 4.69) is 27.8 Å². The number of morpholine rings is 1. The molecule has 18 heavy (non-hydrogen) atoms. The van der Waals surface area contributed by atoms with E-state index in [1.54, 1.807) is 0 Å². The van der Waals surface area contributed by atoms with Gasteiger partial charge in [0, 0.05) is 24.1 Å². The van der Waals surface area contributed by atoms with Gasteiger partial charge in [-0.2, -0.15) is 0 Å². The molecule has 0 saturated carbocycles. The van der Waals surface area contributed by atoms with Crippen LogP contribution >= 0.6 is 15.9 Å². The summed E-state index contributed by atoms with van der Waals surface area (Å²) in [6.45, 7) is 5.42. The fraction of sp³-hybridized carbons (Fsp3) is 0.571. The largest absolute Gasteiger partial charge is 0.387 e. The SMILES string of the molecule is CC[C@@H]1CN(C[C@H](O)c2ccc(Br)cc2)CCO1. The number of aliphatic hydroxyl groups excluding tert-OH is 1. The Kier molecular flexibility index (Phi) is 5.18. The fourth-order valence-corrected chi connectivity index (χ4v) is 2.49. The monoisotopic (exact) mass is 313 g/mol. The molecular weight excluding hydrogens is 294 g/mol. The maximum atomic E-state index is 10.2. The average molecular weight is 314 g/mol. The molecule has 0 spiro atoms. The number of hydrogen-bond donors (Lipinski definition) is 1. The molecule has 3 nitrogen and oxygen atoms in total. The number of halogens is 1. The molecule has 1 N–H and O–H groups in total. The second-order valence-electron chi connectivity index (χ2n) is 4.73. The van der Waals surface area contributed by atoms with Crippen LogP contribution in [0.4, 0.5) is 0 Å². The molecule has 0 bridgehead atoms. The summed E-state index contributed by atoms with van der Waals surface area (Å²) in [5.74, 6) is 0. The Balaban J connectivity index is 1.90. The van der Waals surface area contributed by atoms with Crippen molar-refractivity contribution in [1.29, 1.82) is 0 Å². The van der Waals surface area contributed by atoms with Gasteiger partial charge in [-0.15, -0.1) is 0 Å². The van der Waals surface area contributed by atoms with Gasteiger partial charge in [0.05, 0.1) is 18.8 Å². The van der Waals surface area contributed by atoms with Crippen molar-refractivity contribution in [1.82, 2.24) is 4.90 Å².